The molecule has 1 N–H and O–H groups in total. The van der Waals surface area contributed by atoms with Gasteiger partial charge in [0.05, 0.1) is 18.9 Å². The van der Waals surface area contributed by atoms with Gasteiger partial charge >= 0.3 is 0 Å². The third kappa shape index (κ3) is 6.13. The van der Waals surface area contributed by atoms with Crippen molar-refractivity contribution in [2.45, 2.75) is 37.8 Å². The predicted molar refractivity (Wildman–Crippen MR) is 113 cm³/mol. The number of carbonyl (C=O) groups excluding carboxylic acids is 1. The van der Waals surface area contributed by atoms with Crippen LogP contribution in [0.3, 0.4) is 0 Å². The summed E-state index contributed by atoms with van der Waals surface area (Å²) in [5.41, 5.74) is 0.481. The molecule has 0 bridgehead atoms. The largest absolute Gasteiger partial charge is 0.481 e. The standard InChI is InChI=1S/C20H32N4O5S/c1-28-19-6-5-16(14-22-19)20(25)21-9-11-24(17-7-12-29-13-8-17)18-4-3-10-23(15-18)30(2,26)27/h5-6,14,17-18H,3-4,7-13,15H2,1-2H3,(H,21,25). The number of rotatable bonds is 8. The summed E-state index contributed by atoms with van der Waals surface area (Å²) in [4.78, 5) is 18.9. The summed E-state index contributed by atoms with van der Waals surface area (Å²) >= 11 is 0. The smallest absolute Gasteiger partial charge is 0.252 e. The molecule has 3 rings (SSSR count). The van der Waals surface area contributed by atoms with E-state index in [1.165, 1.54) is 19.6 Å². The van der Waals surface area contributed by atoms with Gasteiger partial charge in [-0.3, -0.25) is 9.69 Å². The molecule has 1 unspecified atom stereocenters. The molecule has 1 amide bonds. The van der Waals surface area contributed by atoms with Gasteiger partial charge < -0.3 is 14.8 Å². The first-order valence-electron chi connectivity index (χ1n) is 10.5. The monoisotopic (exact) mass is 440 g/mol. The first-order chi connectivity index (χ1) is 14.4. The molecular formula is C20H32N4O5S. The van der Waals surface area contributed by atoms with Gasteiger partial charge in [0.15, 0.2) is 0 Å². The molecule has 0 aliphatic carbocycles. The van der Waals surface area contributed by atoms with E-state index >= 15 is 0 Å². The van der Waals surface area contributed by atoms with E-state index in [9.17, 15) is 13.2 Å². The van der Waals surface area contributed by atoms with Gasteiger partial charge in [0.2, 0.25) is 15.9 Å². The van der Waals surface area contributed by atoms with Crippen LogP contribution in [-0.2, 0) is 14.8 Å². The lowest BCUT2D eigenvalue weighted by Crippen LogP contribution is -2.55. The molecule has 2 fully saturated rings. The maximum Gasteiger partial charge on any atom is 0.252 e. The third-order valence-electron chi connectivity index (χ3n) is 5.82. The van der Waals surface area contributed by atoms with Crippen LogP contribution in [0.2, 0.25) is 0 Å². The van der Waals surface area contributed by atoms with Gasteiger partial charge in [0, 0.05) is 63.7 Å². The molecule has 30 heavy (non-hydrogen) atoms. The first-order valence-corrected chi connectivity index (χ1v) is 12.3. The molecule has 1 aromatic rings. The summed E-state index contributed by atoms with van der Waals surface area (Å²) in [6.45, 7) is 3.67. The van der Waals surface area contributed by atoms with Crippen LogP contribution >= 0.6 is 0 Å². The minimum atomic E-state index is -3.20. The Morgan fingerprint density at radius 3 is 2.70 bits per heavy atom. The number of hydrogen-bond acceptors (Lipinski definition) is 7. The summed E-state index contributed by atoms with van der Waals surface area (Å²) in [6, 6.07) is 3.83. The van der Waals surface area contributed by atoms with Crippen LogP contribution in [0.5, 0.6) is 5.88 Å². The van der Waals surface area contributed by atoms with E-state index in [1.807, 2.05) is 0 Å². The zero-order valence-corrected chi connectivity index (χ0v) is 18.6. The Bertz CT molecular complexity index is 796. The van der Waals surface area contributed by atoms with Gasteiger partial charge in [-0.1, -0.05) is 0 Å². The van der Waals surface area contributed by atoms with Crippen molar-refractivity contribution in [1.82, 2.24) is 19.5 Å². The predicted octanol–water partition coefficient (Wildman–Crippen LogP) is 0.725. The van der Waals surface area contributed by atoms with Crippen LogP contribution in [0.1, 0.15) is 36.0 Å². The number of ether oxygens (including phenoxy) is 2. The van der Waals surface area contributed by atoms with Crippen molar-refractivity contribution in [3.05, 3.63) is 23.9 Å². The highest BCUT2D eigenvalue weighted by Crippen LogP contribution is 2.24. The van der Waals surface area contributed by atoms with Crippen LogP contribution in [0.4, 0.5) is 0 Å². The van der Waals surface area contributed by atoms with Crippen molar-refractivity contribution in [3.8, 4) is 5.88 Å². The Labute approximate surface area is 178 Å². The number of aromatic nitrogens is 1. The van der Waals surface area contributed by atoms with Crippen LogP contribution in [0.25, 0.3) is 0 Å². The number of methoxy groups -OCH3 is 1. The van der Waals surface area contributed by atoms with Crippen LogP contribution in [-0.4, -0.2) is 93.4 Å². The van der Waals surface area contributed by atoms with E-state index in [0.717, 1.165) is 25.7 Å². The highest BCUT2D eigenvalue weighted by molar-refractivity contribution is 7.88. The quantitative estimate of drug-likeness (QED) is 0.636. The molecule has 3 heterocycles. The van der Waals surface area contributed by atoms with Gasteiger partial charge in [-0.15, -0.1) is 0 Å². The second kappa shape index (κ2) is 10.5. The molecule has 0 radical (unpaired) electrons. The van der Waals surface area contributed by atoms with E-state index in [0.29, 0.717) is 56.9 Å². The van der Waals surface area contributed by atoms with Crippen LogP contribution < -0.4 is 10.1 Å². The second-order valence-electron chi connectivity index (χ2n) is 7.84. The molecule has 1 aromatic heterocycles. The van der Waals surface area contributed by atoms with Crippen molar-refractivity contribution in [3.63, 3.8) is 0 Å². The molecule has 1 atom stereocenters. The summed E-state index contributed by atoms with van der Waals surface area (Å²) < 4.78 is 36.2. The van der Waals surface area contributed by atoms with Crippen LogP contribution in [0, 0.1) is 0 Å². The lowest BCUT2D eigenvalue weighted by atomic mass is 9.99. The first kappa shape index (κ1) is 22.9. The summed E-state index contributed by atoms with van der Waals surface area (Å²) in [5.74, 6) is 0.281. The highest BCUT2D eigenvalue weighted by Gasteiger charge is 2.33. The van der Waals surface area contributed by atoms with E-state index in [2.05, 4.69) is 15.2 Å². The molecule has 2 saturated heterocycles. The van der Waals surface area contributed by atoms with Crippen LogP contribution in [0.15, 0.2) is 18.3 Å². The van der Waals surface area contributed by atoms with E-state index in [4.69, 9.17) is 9.47 Å². The zero-order chi connectivity index (χ0) is 21.6. The number of carbonyl (C=O) groups is 1. The Hall–Kier alpha value is -1.75. The van der Waals surface area contributed by atoms with Gasteiger partial charge in [0.1, 0.15) is 0 Å². The van der Waals surface area contributed by atoms with E-state index < -0.39 is 10.0 Å². The Morgan fingerprint density at radius 2 is 2.07 bits per heavy atom. The number of hydrogen-bond donors (Lipinski definition) is 1. The average molecular weight is 441 g/mol. The number of sulfonamides is 1. The molecule has 9 nitrogen and oxygen atoms in total. The zero-order valence-electron chi connectivity index (χ0n) is 17.7. The molecule has 0 aromatic carbocycles. The van der Waals surface area contributed by atoms with Crippen molar-refractivity contribution >= 4 is 15.9 Å². The van der Waals surface area contributed by atoms with Gasteiger partial charge in [-0.2, -0.15) is 0 Å². The molecule has 168 valence electrons. The summed E-state index contributed by atoms with van der Waals surface area (Å²) in [6.07, 6.45) is 6.42. The number of nitrogens with one attached hydrogen (secondary N) is 1. The molecular weight excluding hydrogens is 408 g/mol. The third-order valence-corrected chi connectivity index (χ3v) is 7.09. The average Bonchev–Trinajstić information content (AvgIpc) is 2.77. The minimum Gasteiger partial charge on any atom is -0.481 e. The fourth-order valence-corrected chi connectivity index (χ4v) is 5.11. The number of pyridine rings is 1. The normalized spacial score (nSPS) is 21.5. The maximum absolute atomic E-state index is 12.4. The van der Waals surface area contributed by atoms with E-state index in [-0.39, 0.29) is 11.9 Å². The highest BCUT2D eigenvalue weighted by atomic mass is 32.2. The molecule has 2 aliphatic heterocycles. The summed E-state index contributed by atoms with van der Waals surface area (Å²) in [7, 11) is -1.67. The Balaban J connectivity index is 1.61. The van der Waals surface area contributed by atoms with E-state index in [1.54, 1.807) is 16.4 Å². The maximum atomic E-state index is 12.4. The van der Waals surface area contributed by atoms with Gasteiger partial charge in [-0.05, 0) is 31.7 Å². The molecule has 0 spiro atoms. The lowest BCUT2D eigenvalue weighted by molar-refractivity contribution is 0.00673. The SMILES string of the molecule is COc1ccc(C(=O)NCCN(C2CCOCC2)C2CCCN(S(C)(=O)=O)C2)cn1. The number of amides is 1. The number of nitrogens with zero attached hydrogens (tertiary/aromatic N) is 3. The molecule has 0 saturated carbocycles. The van der Waals surface area contributed by atoms with Gasteiger partial charge in [0.25, 0.3) is 5.91 Å². The summed E-state index contributed by atoms with van der Waals surface area (Å²) in [5, 5.41) is 2.96. The fourth-order valence-electron chi connectivity index (χ4n) is 4.21. The van der Waals surface area contributed by atoms with Crippen molar-refractivity contribution < 1.29 is 22.7 Å². The van der Waals surface area contributed by atoms with Gasteiger partial charge in [-0.25, -0.2) is 17.7 Å². The fraction of sp³-hybridized carbons (Fsp3) is 0.700. The number of piperidine rings is 1. The van der Waals surface area contributed by atoms with Crippen molar-refractivity contribution in [2.24, 2.45) is 0 Å². The van der Waals surface area contributed by atoms with Crippen molar-refractivity contribution in [1.29, 1.82) is 0 Å². The molecule has 2 aliphatic rings. The Kier molecular flexibility index (Phi) is 8.04. The van der Waals surface area contributed by atoms with Crippen molar-refractivity contribution in [2.75, 3.05) is 52.8 Å². The lowest BCUT2D eigenvalue weighted by Gasteiger charge is -2.43. The molecule has 10 heteroatoms. The second-order valence-corrected chi connectivity index (χ2v) is 9.83. The topological polar surface area (TPSA) is 101 Å². The Morgan fingerprint density at radius 1 is 1.30 bits per heavy atom. The minimum absolute atomic E-state index is 0.149.